The standard InChI is InChI=1S/C26H20N2O5S/c1-32-16-12-13-17(19(14-16)33-2)22-21(23(29)15-8-4-3-5-9-15)24(30)25(31)28(22)26-27-18-10-6-7-11-20(18)34-26/h3-14,22,29H,1-2H3/t22-/m1/s1. The van der Waals surface area contributed by atoms with E-state index in [0.717, 1.165) is 4.70 Å². The molecule has 5 rings (SSSR count). The molecule has 0 spiro atoms. The highest BCUT2D eigenvalue weighted by molar-refractivity contribution is 7.22. The normalized spacial score (nSPS) is 17.4. The van der Waals surface area contributed by atoms with Gasteiger partial charge < -0.3 is 14.6 Å². The molecule has 7 nitrogen and oxygen atoms in total. The summed E-state index contributed by atoms with van der Waals surface area (Å²) in [6, 6.07) is 20.4. The van der Waals surface area contributed by atoms with Gasteiger partial charge in [0.05, 0.1) is 30.0 Å². The van der Waals surface area contributed by atoms with Crippen LogP contribution in [0.5, 0.6) is 11.5 Å². The molecule has 1 aliphatic rings. The molecule has 0 saturated carbocycles. The molecule has 0 aliphatic carbocycles. The number of para-hydroxylation sites is 1. The Hall–Kier alpha value is -4.17. The first kappa shape index (κ1) is 21.7. The van der Waals surface area contributed by atoms with Gasteiger partial charge >= 0.3 is 5.91 Å². The molecule has 0 bridgehead atoms. The first-order chi connectivity index (χ1) is 16.5. The summed E-state index contributed by atoms with van der Waals surface area (Å²) in [6.07, 6.45) is 0. The van der Waals surface area contributed by atoms with Crippen LogP contribution in [0.15, 0.2) is 78.4 Å². The highest BCUT2D eigenvalue weighted by atomic mass is 32.1. The zero-order chi connectivity index (χ0) is 23.8. The zero-order valence-corrected chi connectivity index (χ0v) is 19.2. The Kier molecular flexibility index (Phi) is 5.51. The van der Waals surface area contributed by atoms with Gasteiger partial charge in [-0.3, -0.25) is 14.5 Å². The van der Waals surface area contributed by atoms with Gasteiger partial charge in [0.1, 0.15) is 23.3 Å². The molecule has 1 aliphatic heterocycles. The van der Waals surface area contributed by atoms with Crippen LogP contribution in [0.25, 0.3) is 16.0 Å². The number of aliphatic hydroxyl groups is 1. The van der Waals surface area contributed by atoms with Gasteiger partial charge in [0.2, 0.25) is 0 Å². The Morgan fingerprint density at radius 2 is 1.71 bits per heavy atom. The number of ketones is 1. The van der Waals surface area contributed by atoms with E-state index in [1.54, 1.807) is 48.5 Å². The third-order valence-corrected chi connectivity index (χ3v) is 6.75. The van der Waals surface area contributed by atoms with Gasteiger partial charge in [-0.2, -0.15) is 0 Å². The summed E-state index contributed by atoms with van der Waals surface area (Å²) in [5.41, 5.74) is 1.65. The Labute approximate surface area is 199 Å². The molecule has 1 fully saturated rings. The third-order valence-electron chi connectivity index (χ3n) is 5.72. The maximum absolute atomic E-state index is 13.4. The second kappa shape index (κ2) is 8.64. The Balaban J connectivity index is 1.77. The molecular formula is C26H20N2O5S. The smallest absolute Gasteiger partial charge is 0.301 e. The second-order valence-electron chi connectivity index (χ2n) is 7.61. The van der Waals surface area contributed by atoms with Crippen LogP contribution in [0.3, 0.4) is 0 Å². The van der Waals surface area contributed by atoms with Crippen LogP contribution < -0.4 is 14.4 Å². The Morgan fingerprint density at radius 1 is 0.971 bits per heavy atom. The molecule has 8 heteroatoms. The van der Waals surface area contributed by atoms with Gasteiger partial charge in [0.25, 0.3) is 5.78 Å². The lowest BCUT2D eigenvalue weighted by Gasteiger charge is -2.24. The van der Waals surface area contributed by atoms with Crippen LogP contribution in [0.2, 0.25) is 0 Å². The van der Waals surface area contributed by atoms with Gasteiger partial charge in [-0.05, 0) is 24.3 Å². The van der Waals surface area contributed by atoms with Crippen molar-refractivity contribution in [1.29, 1.82) is 0 Å². The lowest BCUT2D eigenvalue weighted by Crippen LogP contribution is -2.29. The number of Topliss-reactive ketones (excluding diaryl/α,β-unsaturated/α-hetero) is 1. The number of aliphatic hydroxyl groups excluding tert-OH is 1. The Morgan fingerprint density at radius 3 is 2.41 bits per heavy atom. The highest BCUT2D eigenvalue weighted by Gasteiger charge is 2.49. The van der Waals surface area contributed by atoms with E-state index in [1.807, 2.05) is 24.3 Å². The molecule has 1 saturated heterocycles. The zero-order valence-electron chi connectivity index (χ0n) is 18.4. The van der Waals surface area contributed by atoms with E-state index < -0.39 is 17.7 Å². The van der Waals surface area contributed by atoms with Crippen LogP contribution in [0, 0.1) is 0 Å². The van der Waals surface area contributed by atoms with Crippen LogP contribution in [0.1, 0.15) is 17.2 Å². The Bertz CT molecular complexity index is 1410. The molecule has 0 unspecified atom stereocenters. The third kappa shape index (κ3) is 3.48. The van der Waals surface area contributed by atoms with E-state index in [-0.39, 0.29) is 11.3 Å². The van der Waals surface area contributed by atoms with E-state index >= 15 is 0 Å². The van der Waals surface area contributed by atoms with Crippen molar-refractivity contribution in [3.63, 3.8) is 0 Å². The first-order valence-electron chi connectivity index (χ1n) is 10.5. The van der Waals surface area contributed by atoms with E-state index in [9.17, 15) is 14.7 Å². The van der Waals surface area contributed by atoms with Crippen molar-refractivity contribution < 1.29 is 24.2 Å². The molecule has 1 aromatic heterocycles. The summed E-state index contributed by atoms with van der Waals surface area (Å²) >= 11 is 1.30. The maximum Gasteiger partial charge on any atom is 0.301 e. The van der Waals surface area contributed by atoms with Crippen LogP contribution in [-0.2, 0) is 9.59 Å². The van der Waals surface area contributed by atoms with Crippen molar-refractivity contribution in [2.45, 2.75) is 6.04 Å². The van der Waals surface area contributed by atoms with Crippen molar-refractivity contribution in [3.05, 3.63) is 89.5 Å². The largest absolute Gasteiger partial charge is 0.507 e. The van der Waals surface area contributed by atoms with E-state index in [0.29, 0.717) is 33.3 Å². The fraction of sp³-hybridized carbons (Fsp3) is 0.115. The minimum Gasteiger partial charge on any atom is -0.507 e. The lowest BCUT2D eigenvalue weighted by atomic mass is 9.94. The molecular weight excluding hydrogens is 452 g/mol. The predicted molar refractivity (Wildman–Crippen MR) is 130 cm³/mol. The van der Waals surface area contributed by atoms with Gasteiger partial charge in [-0.25, -0.2) is 4.98 Å². The molecule has 0 radical (unpaired) electrons. The van der Waals surface area contributed by atoms with Gasteiger partial charge in [-0.1, -0.05) is 53.8 Å². The van der Waals surface area contributed by atoms with Crippen LogP contribution >= 0.6 is 11.3 Å². The summed E-state index contributed by atoms with van der Waals surface area (Å²) in [7, 11) is 3.04. The number of hydrogen-bond donors (Lipinski definition) is 1. The SMILES string of the molecule is COc1ccc([C@@H]2C(=C(O)c3ccccc3)C(=O)C(=O)N2c2nc3ccccc3s2)c(OC)c1. The fourth-order valence-electron chi connectivity index (χ4n) is 4.08. The predicted octanol–water partition coefficient (Wildman–Crippen LogP) is 4.94. The van der Waals surface area contributed by atoms with Crippen LogP contribution in [-0.4, -0.2) is 36.0 Å². The number of benzene rings is 3. The molecule has 1 N–H and O–H groups in total. The number of aromatic nitrogens is 1. The molecule has 1 atom stereocenters. The first-order valence-corrected chi connectivity index (χ1v) is 11.3. The minimum absolute atomic E-state index is 0.0288. The number of fused-ring (bicyclic) bond motifs is 1. The summed E-state index contributed by atoms with van der Waals surface area (Å²) in [5, 5.41) is 11.6. The quantitative estimate of drug-likeness (QED) is 0.251. The number of thiazole rings is 1. The molecule has 34 heavy (non-hydrogen) atoms. The number of ether oxygens (including phenoxy) is 2. The summed E-state index contributed by atoms with van der Waals surface area (Å²) in [4.78, 5) is 32.6. The maximum atomic E-state index is 13.4. The average molecular weight is 473 g/mol. The van der Waals surface area contributed by atoms with Crippen molar-refractivity contribution in [2.75, 3.05) is 19.1 Å². The number of methoxy groups -OCH3 is 2. The van der Waals surface area contributed by atoms with Gasteiger partial charge in [-0.15, -0.1) is 0 Å². The van der Waals surface area contributed by atoms with E-state index in [2.05, 4.69) is 4.98 Å². The number of nitrogens with zero attached hydrogens (tertiary/aromatic N) is 2. The van der Waals surface area contributed by atoms with Gasteiger partial charge in [0.15, 0.2) is 5.13 Å². The molecule has 4 aromatic rings. The number of rotatable bonds is 5. The lowest BCUT2D eigenvalue weighted by molar-refractivity contribution is -0.132. The van der Waals surface area contributed by atoms with Crippen molar-refractivity contribution in [1.82, 2.24) is 4.98 Å². The van der Waals surface area contributed by atoms with Crippen molar-refractivity contribution in [2.24, 2.45) is 0 Å². The average Bonchev–Trinajstić information content (AvgIpc) is 3.42. The number of amides is 1. The molecule has 1 amide bonds. The summed E-state index contributed by atoms with van der Waals surface area (Å²) in [5.74, 6) is -0.842. The number of hydrogen-bond acceptors (Lipinski definition) is 7. The number of anilines is 1. The van der Waals surface area contributed by atoms with Crippen molar-refractivity contribution in [3.8, 4) is 11.5 Å². The molecule has 3 aromatic carbocycles. The highest BCUT2D eigenvalue weighted by Crippen LogP contribution is 2.47. The molecule has 2 heterocycles. The summed E-state index contributed by atoms with van der Waals surface area (Å²) in [6.45, 7) is 0. The van der Waals surface area contributed by atoms with Crippen molar-refractivity contribution >= 4 is 44.1 Å². The minimum atomic E-state index is -0.943. The molecule has 170 valence electrons. The monoisotopic (exact) mass is 472 g/mol. The summed E-state index contributed by atoms with van der Waals surface area (Å²) < 4.78 is 11.8. The van der Waals surface area contributed by atoms with E-state index in [4.69, 9.17) is 9.47 Å². The number of carbonyl (C=O) groups is 2. The second-order valence-corrected chi connectivity index (χ2v) is 8.62. The topological polar surface area (TPSA) is 89.0 Å². The van der Waals surface area contributed by atoms with Crippen LogP contribution in [0.4, 0.5) is 5.13 Å². The van der Waals surface area contributed by atoms with E-state index in [1.165, 1.54) is 30.5 Å². The number of carbonyl (C=O) groups excluding carboxylic acids is 2. The fourth-order valence-corrected chi connectivity index (χ4v) is 5.08. The van der Waals surface area contributed by atoms with Gasteiger partial charge in [0, 0.05) is 17.2 Å².